The molecular formula is C20H22N2O4S. The van der Waals surface area contributed by atoms with E-state index >= 15 is 0 Å². The Balaban J connectivity index is 1.48. The quantitative estimate of drug-likeness (QED) is 0.705. The van der Waals surface area contributed by atoms with Crippen LogP contribution < -0.4 is 20.1 Å². The smallest absolute Gasteiger partial charge is 0.234 e. The number of rotatable bonds is 7. The van der Waals surface area contributed by atoms with Gasteiger partial charge in [0.1, 0.15) is 13.2 Å². The minimum absolute atomic E-state index is 0.0108. The molecule has 0 atom stereocenters. The van der Waals surface area contributed by atoms with Crippen molar-refractivity contribution in [2.45, 2.75) is 24.7 Å². The Labute approximate surface area is 162 Å². The number of nitrogens with one attached hydrogen (secondary N) is 2. The molecule has 0 saturated carbocycles. The van der Waals surface area contributed by atoms with E-state index in [1.165, 1.54) is 11.8 Å². The first-order chi connectivity index (χ1) is 13.1. The molecule has 7 heteroatoms. The van der Waals surface area contributed by atoms with Crippen LogP contribution in [0.3, 0.4) is 0 Å². The fourth-order valence-corrected chi connectivity index (χ4v) is 3.25. The van der Waals surface area contributed by atoms with Crippen molar-refractivity contribution in [3.05, 3.63) is 42.5 Å². The highest BCUT2D eigenvalue weighted by Crippen LogP contribution is 2.32. The number of hydrogen-bond donors (Lipinski definition) is 2. The number of ether oxygens (including phenoxy) is 2. The van der Waals surface area contributed by atoms with Crippen LogP contribution in [0.4, 0.5) is 11.4 Å². The van der Waals surface area contributed by atoms with Crippen molar-refractivity contribution in [3.8, 4) is 11.5 Å². The first-order valence-electron chi connectivity index (χ1n) is 8.86. The molecule has 142 valence electrons. The lowest BCUT2D eigenvalue weighted by molar-refractivity contribution is -0.116. The summed E-state index contributed by atoms with van der Waals surface area (Å²) in [6, 6.07) is 12.8. The van der Waals surface area contributed by atoms with Crippen LogP contribution in [-0.2, 0) is 9.59 Å². The third kappa shape index (κ3) is 5.65. The van der Waals surface area contributed by atoms with Crippen LogP contribution in [0.15, 0.2) is 47.4 Å². The van der Waals surface area contributed by atoms with Gasteiger partial charge in [-0.15, -0.1) is 11.8 Å². The molecule has 0 spiro atoms. The Hall–Kier alpha value is -2.67. The maximum Gasteiger partial charge on any atom is 0.234 e. The molecule has 27 heavy (non-hydrogen) atoms. The average Bonchev–Trinajstić information content (AvgIpc) is 2.67. The first-order valence-corrected chi connectivity index (χ1v) is 9.85. The fraction of sp³-hybridized carbons (Fsp3) is 0.300. The largest absolute Gasteiger partial charge is 0.486 e. The predicted molar refractivity (Wildman–Crippen MR) is 107 cm³/mol. The molecule has 2 N–H and O–H groups in total. The SMILES string of the molecule is CCCC(=O)Nc1ccc(SCC(=O)Nc2ccc3c(c2)OCCO3)cc1. The van der Waals surface area contributed by atoms with E-state index in [0.717, 1.165) is 17.0 Å². The molecule has 0 unspecified atom stereocenters. The van der Waals surface area contributed by atoms with Crippen LogP contribution in [0, 0.1) is 0 Å². The fourth-order valence-electron chi connectivity index (χ4n) is 2.55. The molecule has 0 aliphatic carbocycles. The van der Waals surface area contributed by atoms with Gasteiger partial charge in [0.2, 0.25) is 11.8 Å². The highest BCUT2D eigenvalue weighted by atomic mass is 32.2. The first kappa shape index (κ1) is 19.1. The zero-order valence-electron chi connectivity index (χ0n) is 15.1. The third-order valence-corrected chi connectivity index (χ3v) is 4.82. The minimum atomic E-state index is -0.1000. The molecule has 1 heterocycles. The average molecular weight is 386 g/mol. The highest BCUT2D eigenvalue weighted by molar-refractivity contribution is 8.00. The molecule has 0 radical (unpaired) electrons. The molecule has 2 amide bonds. The molecule has 6 nitrogen and oxygen atoms in total. The standard InChI is InChI=1S/C20H22N2O4S/c1-2-3-19(23)21-14-4-7-16(8-5-14)27-13-20(24)22-15-6-9-17-18(12-15)26-11-10-25-17/h4-9,12H,2-3,10-11,13H2,1H3,(H,21,23)(H,22,24). The van der Waals surface area contributed by atoms with Gasteiger partial charge >= 0.3 is 0 Å². The second-order valence-electron chi connectivity index (χ2n) is 6.02. The van der Waals surface area contributed by atoms with E-state index < -0.39 is 0 Å². The van der Waals surface area contributed by atoms with Gasteiger partial charge in [-0.25, -0.2) is 0 Å². The lowest BCUT2D eigenvalue weighted by Gasteiger charge is -2.19. The number of thioether (sulfide) groups is 1. The lowest BCUT2D eigenvalue weighted by atomic mass is 10.2. The molecule has 1 aliphatic heterocycles. The van der Waals surface area contributed by atoms with Crippen molar-refractivity contribution in [1.29, 1.82) is 0 Å². The van der Waals surface area contributed by atoms with E-state index in [1.54, 1.807) is 18.2 Å². The van der Waals surface area contributed by atoms with Gasteiger partial charge in [0, 0.05) is 28.8 Å². The molecule has 0 aromatic heterocycles. The zero-order chi connectivity index (χ0) is 19.1. The van der Waals surface area contributed by atoms with Crippen molar-refractivity contribution in [1.82, 2.24) is 0 Å². The number of carbonyl (C=O) groups excluding carboxylic acids is 2. The van der Waals surface area contributed by atoms with Crippen molar-refractivity contribution < 1.29 is 19.1 Å². The number of amides is 2. The van der Waals surface area contributed by atoms with Gasteiger partial charge in [0.05, 0.1) is 5.75 Å². The summed E-state index contributed by atoms with van der Waals surface area (Å²) in [4.78, 5) is 24.7. The van der Waals surface area contributed by atoms with Crippen LogP contribution in [0.1, 0.15) is 19.8 Å². The maximum absolute atomic E-state index is 12.2. The van der Waals surface area contributed by atoms with E-state index in [-0.39, 0.29) is 17.6 Å². The lowest BCUT2D eigenvalue weighted by Crippen LogP contribution is -2.17. The van der Waals surface area contributed by atoms with Gasteiger partial charge in [0.15, 0.2) is 11.5 Å². The summed E-state index contributed by atoms with van der Waals surface area (Å²) in [6.07, 6.45) is 1.33. The van der Waals surface area contributed by atoms with Gasteiger partial charge in [-0.1, -0.05) is 6.92 Å². The molecular weight excluding hydrogens is 364 g/mol. The second kappa shape index (κ2) is 9.32. The summed E-state index contributed by atoms with van der Waals surface area (Å²) < 4.78 is 11.0. The Bertz CT molecular complexity index is 808. The summed E-state index contributed by atoms with van der Waals surface area (Å²) >= 11 is 1.43. The van der Waals surface area contributed by atoms with Gasteiger partial charge in [-0.2, -0.15) is 0 Å². The summed E-state index contributed by atoms with van der Waals surface area (Å²) in [7, 11) is 0. The maximum atomic E-state index is 12.2. The second-order valence-corrected chi connectivity index (χ2v) is 7.07. The molecule has 1 aliphatic rings. The molecule has 2 aromatic rings. The predicted octanol–water partition coefficient (Wildman–Crippen LogP) is 3.93. The van der Waals surface area contributed by atoms with Gasteiger partial charge < -0.3 is 20.1 Å². The van der Waals surface area contributed by atoms with Crippen LogP contribution in [0.25, 0.3) is 0 Å². The number of fused-ring (bicyclic) bond motifs is 1. The molecule has 3 rings (SSSR count). The van der Waals surface area contributed by atoms with Crippen molar-refractivity contribution in [3.63, 3.8) is 0 Å². The van der Waals surface area contributed by atoms with Crippen LogP contribution in [0.5, 0.6) is 11.5 Å². The van der Waals surface area contributed by atoms with E-state index in [0.29, 0.717) is 36.8 Å². The minimum Gasteiger partial charge on any atom is -0.486 e. The topological polar surface area (TPSA) is 76.7 Å². The van der Waals surface area contributed by atoms with E-state index in [1.807, 2.05) is 31.2 Å². The van der Waals surface area contributed by atoms with Gasteiger partial charge in [-0.3, -0.25) is 9.59 Å². The number of benzene rings is 2. The van der Waals surface area contributed by atoms with E-state index in [2.05, 4.69) is 10.6 Å². The van der Waals surface area contributed by atoms with Crippen molar-refractivity contribution in [2.75, 3.05) is 29.6 Å². The van der Waals surface area contributed by atoms with E-state index in [4.69, 9.17) is 9.47 Å². The highest BCUT2D eigenvalue weighted by Gasteiger charge is 2.13. The Morgan fingerprint density at radius 2 is 1.59 bits per heavy atom. The summed E-state index contributed by atoms with van der Waals surface area (Å²) in [6.45, 7) is 3.01. The third-order valence-electron chi connectivity index (χ3n) is 3.81. The van der Waals surface area contributed by atoms with Gasteiger partial charge in [-0.05, 0) is 42.8 Å². The van der Waals surface area contributed by atoms with Crippen LogP contribution in [0.2, 0.25) is 0 Å². The Morgan fingerprint density at radius 3 is 2.33 bits per heavy atom. The van der Waals surface area contributed by atoms with Crippen LogP contribution >= 0.6 is 11.8 Å². The van der Waals surface area contributed by atoms with Crippen molar-refractivity contribution in [2.24, 2.45) is 0 Å². The molecule has 0 fully saturated rings. The van der Waals surface area contributed by atoms with Crippen molar-refractivity contribution >= 4 is 35.0 Å². The Kier molecular flexibility index (Phi) is 6.59. The zero-order valence-corrected chi connectivity index (χ0v) is 15.9. The van der Waals surface area contributed by atoms with Gasteiger partial charge in [0.25, 0.3) is 0 Å². The monoisotopic (exact) mass is 386 g/mol. The summed E-state index contributed by atoms with van der Waals surface area (Å²) in [5.74, 6) is 1.54. The number of hydrogen-bond acceptors (Lipinski definition) is 5. The number of anilines is 2. The summed E-state index contributed by atoms with van der Waals surface area (Å²) in [5, 5.41) is 5.70. The van der Waals surface area contributed by atoms with Crippen LogP contribution in [-0.4, -0.2) is 30.8 Å². The molecule has 0 bridgehead atoms. The molecule has 2 aromatic carbocycles. The summed E-state index contributed by atoms with van der Waals surface area (Å²) in [5.41, 5.74) is 1.44. The molecule has 0 saturated heterocycles. The van der Waals surface area contributed by atoms with E-state index in [9.17, 15) is 9.59 Å². The normalized spacial score (nSPS) is 12.3. The number of carbonyl (C=O) groups is 2. The Morgan fingerprint density at radius 1 is 0.926 bits per heavy atom.